The number of halogens is 5. The lowest BCUT2D eigenvalue weighted by Crippen LogP contribution is -2.60. The molecule has 4 rings (SSSR count). The topological polar surface area (TPSA) is 127 Å². The minimum Gasteiger partial charge on any atom is -0.426 e. The van der Waals surface area contributed by atoms with Gasteiger partial charge >= 0.3 is 18.4 Å². The lowest BCUT2D eigenvalue weighted by molar-refractivity contribution is -0.360. The molecule has 2 heterocycles. The third-order valence-corrected chi connectivity index (χ3v) is 6.97. The molecule has 1 aliphatic rings. The zero-order valence-corrected chi connectivity index (χ0v) is 25.2. The quantitative estimate of drug-likeness (QED) is 0.211. The SMILES string of the molecule is CCCOC1C(OC)C(C)OC(OC(=O)N(CO)c2ccc(-c3ncn(-c4ccc(OC(F)(F)C(F)(F)F)cc4)n3)cc2)C1OC. The summed E-state index contributed by atoms with van der Waals surface area (Å²) in [6.45, 7) is 3.40. The van der Waals surface area contributed by atoms with Crippen molar-refractivity contribution in [3.05, 3.63) is 54.9 Å². The number of carbonyl (C=O) groups is 1. The van der Waals surface area contributed by atoms with E-state index in [0.717, 1.165) is 23.5 Å². The van der Waals surface area contributed by atoms with Crippen molar-refractivity contribution in [1.82, 2.24) is 14.8 Å². The first-order valence-corrected chi connectivity index (χ1v) is 14.0. The molecular formula is C29H33F5N4O8. The summed E-state index contributed by atoms with van der Waals surface area (Å²) in [5.41, 5.74) is 1.08. The molecule has 0 saturated carbocycles. The minimum absolute atomic E-state index is 0.229. The van der Waals surface area contributed by atoms with Crippen molar-refractivity contribution in [3.8, 4) is 22.8 Å². The fourth-order valence-electron chi connectivity index (χ4n) is 4.68. The molecule has 0 radical (unpaired) electrons. The highest BCUT2D eigenvalue weighted by Gasteiger charge is 2.61. The van der Waals surface area contributed by atoms with Gasteiger partial charge in [0.1, 0.15) is 37.1 Å². The van der Waals surface area contributed by atoms with Crippen LogP contribution >= 0.6 is 0 Å². The molecular weight excluding hydrogens is 627 g/mol. The summed E-state index contributed by atoms with van der Waals surface area (Å²) in [5, 5.41) is 14.3. The molecule has 0 bridgehead atoms. The molecule has 1 fully saturated rings. The maximum atomic E-state index is 13.2. The van der Waals surface area contributed by atoms with E-state index in [1.165, 1.54) is 49.5 Å². The molecule has 1 aromatic heterocycles. The number of aliphatic hydroxyl groups excluding tert-OH is 1. The van der Waals surface area contributed by atoms with Gasteiger partial charge in [-0.1, -0.05) is 6.92 Å². The van der Waals surface area contributed by atoms with Crippen molar-refractivity contribution in [2.45, 2.75) is 63.3 Å². The normalized spacial score (nSPS) is 22.0. The average molecular weight is 661 g/mol. The summed E-state index contributed by atoms with van der Waals surface area (Å²) in [6.07, 6.45) is -13.6. The summed E-state index contributed by atoms with van der Waals surface area (Å²) >= 11 is 0. The van der Waals surface area contributed by atoms with E-state index >= 15 is 0 Å². The second-order valence-electron chi connectivity index (χ2n) is 10.1. The molecule has 1 aliphatic heterocycles. The molecule has 1 saturated heterocycles. The standard InChI is InChI=1S/C29H33F5N4O8/c1-5-14-43-23-22(41-3)17(2)44-26(24(23)42-4)45-27(40)37(16-39)19-8-6-18(7-9-19)25-35-15-38(36-25)20-10-12-21(13-11-20)46-29(33,34)28(30,31)32/h6-13,15,17,22-24,26,39H,5,14,16H2,1-4H3. The summed E-state index contributed by atoms with van der Waals surface area (Å²) in [5.74, 6) is -0.466. The highest BCUT2D eigenvalue weighted by atomic mass is 19.4. The highest BCUT2D eigenvalue weighted by molar-refractivity contribution is 5.87. The lowest BCUT2D eigenvalue weighted by atomic mass is 9.99. The van der Waals surface area contributed by atoms with Gasteiger partial charge in [0.2, 0.25) is 6.29 Å². The van der Waals surface area contributed by atoms with E-state index in [1.54, 1.807) is 19.1 Å². The van der Waals surface area contributed by atoms with Gasteiger partial charge in [0, 0.05) is 32.1 Å². The summed E-state index contributed by atoms with van der Waals surface area (Å²) in [4.78, 5) is 18.3. The van der Waals surface area contributed by atoms with Gasteiger partial charge in [-0.25, -0.2) is 14.5 Å². The molecule has 3 aromatic rings. The Bertz CT molecular complexity index is 1420. The van der Waals surface area contributed by atoms with Crippen LogP contribution in [0.3, 0.4) is 0 Å². The first-order chi connectivity index (χ1) is 21.8. The number of hydrogen-bond acceptors (Lipinski definition) is 10. The third-order valence-electron chi connectivity index (χ3n) is 6.97. The van der Waals surface area contributed by atoms with E-state index < -0.39 is 61.6 Å². The number of rotatable bonds is 12. The summed E-state index contributed by atoms with van der Waals surface area (Å²) < 4.78 is 97.2. The van der Waals surface area contributed by atoms with Gasteiger partial charge in [0.05, 0.1) is 11.8 Å². The van der Waals surface area contributed by atoms with E-state index in [9.17, 15) is 31.9 Å². The predicted molar refractivity (Wildman–Crippen MR) is 150 cm³/mol. The van der Waals surface area contributed by atoms with Crippen LogP contribution < -0.4 is 9.64 Å². The van der Waals surface area contributed by atoms with Gasteiger partial charge in [0.25, 0.3) is 0 Å². The first-order valence-electron chi connectivity index (χ1n) is 14.0. The van der Waals surface area contributed by atoms with E-state index in [-0.39, 0.29) is 11.5 Å². The second kappa shape index (κ2) is 14.7. The zero-order valence-electron chi connectivity index (χ0n) is 25.2. The predicted octanol–water partition coefficient (Wildman–Crippen LogP) is 4.93. The van der Waals surface area contributed by atoms with E-state index in [4.69, 9.17) is 23.7 Å². The third kappa shape index (κ3) is 7.72. The second-order valence-corrected chi connectivity index (χ2v) is 10.1. The molecule has 46 heavy (non-hydrogen) atoms. The van der Waals surface area contributed by atoms with Gasteiger partial charge in [-0.05, 0) is 61.9 Å². The van der Waals surface area contributed by atoms with Crippen molar-refractivity contribution < 1.29 is 60.3 Å². The maximum Gasteiger partial charge on any atom is 0.499 e. The maximum absolute atomic E-state index is 13.2. The number of alkyl halides is 5. The van der Waals surface area contributed by atoms with Crippen LogP contribution in [-0.4, -0.2) is 96.5 Å². The Hall–Kier alpha value is -3.90. The van der Waals surface area contributed by atoms with Gasteiger partial charge in [-0.3, -0.25) is 4.90 Å². The number of methoxy groups -OCH3 is 2. The van der Waals surface area contributed by atoms with Crippen molar-refractivity contribution in [2.24, 2.45) is 0 Å². The Labute approximate surface area is 260 Å². The highest BCUT2D eigenvalue weighted by Crippen LogP contribution is 2.37. The Morgan fingerprint density at radius 2 is 1.65 bits per heavy atom. The number of ether oxygens (including phenoxy) is 6. The molecule has 2 aromatic carbocycles. The number of anilines is 1. The van der Waals surface area contributed by atoms with Crippen LogP contribution in [0.5, 0.6) is 5.75 Å². The van der Waals surface area contributed by atoms with Crippen LogP contribution in [0.25, 0.3) is 17.1 Å². The van der Waals surface area contributed by atoms with Crippen LogP contribution in [0.4, 0.5) is 32.4 Å². The van der Waals surface area contributed by atoms with Crippen molar-refractivity contribution in [3.63, 3.8) is 0 Å². The number of nitrogens with zero attached hydrogens (tertiary/aromatic N) is 4. The number of aromatic nitrogens is 3. The summed E-state index contributed by atoms with van der Waals surface area (Å²) in [6, 6.07) is 10.5. The monoisotopic (exact) mass is 660 g/mol. The fraction of sp³-hybridized carbons (Fsp3) is 0.483. The van der Waals surface area contributed by atoms with E-state index in [0.29, 0.717) is 17.9 Å². The molecule has 17 heteroatoms. The van der Waals surface area contributed by atoms with Crippen LogP contribution in [0.2, 0.25) is 0 Å². The Morgan fingerprint density at radius 1 is 1.00 bits per heavy atom. The van der Waals surface area contributed by atoms with E-state index in [1.807, 2.05) is 6.92 Å². The summed E-state index contributed by atoms with van der Waals surface area (Å²) in [7, 11) is 2.95. The van der Waals surface area contributed by atoms with Gasteiger partial charge in [-0.2, -0.15) is 22.0 Å². The van der Waals surface area contributed by atoms with Crippen molar-refractivity contribution in [2.75, 3.05) is 32.5 Å². The van der Waals surface area contributed by atoms with Gasteiger partial charge in [0.15, 0.2) is 5.82 Å². The molecule has 12 nitrogen and oxygen atoms in total. The first kappa shape index (κ1) is 35.0. The minimum atomic E-state index is -5.87. The molecule has 252 valence electrons. The Morgan fingerprint density at radius 3 is 2.22 bits per heavy atom. The number of aliphatic hydroxyl groups is 1. The van der Waals surface area contributed by atoms with Crippen LogP contribution in [0.1, 0.15) is 20.3 Å². The average Bonchev–Trinajstić information content (AvgIpc) is 3.51. The molecule has 1 amide bonds. The Kier molecular flexibility index (Phi) is 11.2. The smallest absolute Gasteiger partial charge is 0.426 e. The van der Waals surface area contributed by atoms with Crippen LogP contribution in [0, 0.1) is 0 Å². The fourth-order valence-corrected chi connectivity index (χ4v) is 4.68. The lowest BCUT2D eigenvalue weighted by Gasteiger charge is -2.43. The van der Waals surface area contributed by atoms with Gasteiger partial charge in [-0.15, -0.1) is 5.10 Å². The van der Waals surface area contributed by atoms with Crippen molar-refractivity contribution in [1.29, 1.82) is 0 Å². The van der Waals surface area contributed by atoms with Crippen molar-refractivity contribution >= 4 is 11.8 Å². The molecule has 1 N–H and O–H groups in total. The van der Waals surface area contributed by atoms with Crippen LogP contribution in [-0.2, 0) is 23.7 Å². The molecule has 5 unspecified atom stereocenters. The Balaban J connectivity index is 1.44. The number of carbonyl (C=O) groups excluding carboxylic acids is 1. The van der Waals surface area contributed by atoms with E-state index in [2.05, 4.69) is 14.8 Å². The number of benzene rings is 2. The zero-order chi connectivity index (χ0) is 33.6. The molecule has 5 atom stereocenters. The molecule has 0 spiro atoms. The molecule has 0 aliphatic carbocycles. The largest absolute Gasteiger partial charge is 0.499 e. The van der Waals surface area contributed by atoms with Crippen LogP contribution in [0.15, 0.2) is 54.9 Å². The van der Waals surface area contributed by atoms with Gasteiger partial charge < -0.3 is 33.5 Å². The number of hydrogen-bond donors (Lipinski definition) is 1. The number of amides is 1.